The first-order valence-electron chi connectivity index (χ1n) is 23.1. The predicted octanol–water partition coefficient (Wildman–Crippen LogP) is 16.6. The van der Waals surface area contributed by atoms with Gasteiger partial charge in [0.25, 0.3) is 0 Å². The molecular formula is C52H73BCl2NSi2Zr. The van der Waals surface area contributed by atoms with Crippen LogP contribution in [-0.2, 0) is 29.0 Å². The van der Waals surface area contributed by atoms with Gasteiger partial charge in [-0.3, -0.25) is 0 Å². The molecular weight excluding hydrogens is 868 g/mol. The maximum atomic E-state index is 9.35. The summed E-state index contributed by atoms with van der Waals surface area (Å²) in [6.07, 6.45) is 14.2. The van der Waals surface area contributed by atoms with Crippen LogP contribution in [0.3, 0.4) is 0 Å². The van der Waals surface area contributed by atoms with E-state index in [1.807, 2.05) is 0 Å². The van der Waals surface area contributed by atoms with E-state index in [-0.39, 0.29) is 7.25 Å². The average Bonchev–Trinajstić information content (AvgIpc) is 3.82. The summed E-state index contributed by atoms with van der Waals surface area (Å²) in [6.45, 7) is 29.4. The molecule has 4 aromatic rings. The summed E-state index contributed by atoms with van der Waals surface area (Å²) in [5.74, 6) is 0.698. The maximum absolute atomic E-state index is 9.35. The Hall–Kier alpha value is -1.72. The molecule has 0 aromatic heterocycles. The Kier molecular flexibility index (Phi) is 14.7. The van der Waals surface area contributed by atoms with Crippen LogP contribution < -0.4 is 0 Å². The van der Waals surface area contributed by atoms with Gasteiger partial charge in [-0.05, 0) is 0 Å². The Morgan fingerprint density at radius 1 is 0.559 bits per heavy atom. The fraction of sp³-hybridized carbons (Fsp3) is 0.462. The van der Waals surface area contributed by atoms with Crippen LogP contribution in [0.5, 0.6) is 0 Å². The molecule has 1 nitrogen and oxygen atoms in total. The van der Waals surface area contributed by atoms with Crippen molar-refractivity contribution in [3.8, 4) is 22.3 Å². The Balaban J connectivity index is 1.70. The van der Waals surface area contributed by atoms with Crippen molar-refractivity contribution >= 4 is 50.6 Å². The Labute approximate surface area is 370 Å². The second-order valence-corrected chi connectivity index (χ2v) is 52.4. The summed E-state index contributed by atoms with van der Waals surface area (Å²) >= 11 is -5.41. The van der Waals surface area contributed by atoms with Crippen molar-refractivity contribution in [1.82, 2.24) is 4.14 Å². The minimum atomic E-state index is -5.41. The quantitative estimate of drug-likeness (QED) is 0.0899. The molecule has 4 aromatic carbocycles. The van der Waals surface area contributed by atoms with Gasteiger partial charge in [-0.25, -0.2) is 0 Å². The van der Waals surface area contributed by atoms with Gasteiger partial charge in [0.1, 0.15) is 0 Å². The number of unbranched alkanes of at least 4 members (excludes halogenated alkanes) is 2. The summed E-state index contributed by atoms with van der Waals surface area (Å²) in [4.78, 5) is 0.820. The van der Waals surface area contributed by atoms with Gasteiger partial charge in [0, 0.05) is 0 Å². The van der Waals surface area contributed by atoms with Gasteiger partial charge in [-0.15, -0.1) is 0 Å². The number of benzene rings is 4. The van der Waals surface area contributed by atoms with Crippen LogP contribution in [0, 0.1) is 11.8 Å². The van der Waals surface area contributed by atoms with E-state index in [0.29, 0.717) is 11.8 Å². The predicted molar refractivity (Wildman–Crippen MR) is 269 cm³/mol. The molecule has 0 aliphatic heterocycles. The van der Waals surface area contributed by atoms with Crippen LogP contribution in [0.1, 0.15) is 121 Å². The third-order valence-corrected chi connectivity index (χ3v) is 41.0. The molecule has 59 heavy (non-hydrogen) atoms. The number of aryl methyl sites for hydroxylation is 2. The van der Waals surface area contributed by atoms with Gasteiger partial charge in [0.2, 0.25) is 0 Å². The van der Waals surface area contributed by atoms with Crippen LogP contribution in [0.25, 0.3) is 34.4 Å². The van der Waals surface area contributed by atoms with Crippen LogP contribution in [0.4, 0.5) is 0 Å². The van der Waals surface area contributed by atoms with E-state index in [1.54, 1.807) is 0 Å². The van der Waals surface area contributed by atoms with Crippen molar-refractivity contribution < 1.29 is 16.2 Å². The van der Waals surface area contributed by atoms with Gasteiger partial charge in [-0.2, -0.15) is 0 Å². The van der Waals surface area contributed by atoms with Crippen LogP contribution >= 0.6 is 17.0 Å². The standard InChI is InChI=1S/2C23H27.C6H19BNSi2.2ClH.Zr/c2*1-4-6-10-18-11-7-8-13-21(18)22-14-9-12-19-15-20(16-23(19)22)17(3)5-2;1-9(2,3)8(7)10(4,5)6;;;/h2*7-9,11-17H,4-6,10H2,1-3H3;7H,1-6H3;2*1H;/q;;+1;;;+1/p-2. The fourth-order valence-electron chi connectivity index (χ4n) is 10.8. The minimum absolute atomic E-state index is 0.00780. The third kappa shape index (κ3) is 9.20. The fourth-order valence-corrected chi connectivity index (χ4v) is 53.1. The molecule has 0 heterocycles. The zero-order valence-electron chi connectivity index (χ0n) is 38.6. The van der Waals surface area contributed by atoms with Crippen molar-refractivity contribution in [1.29, 1.82) is 0 Å². The van der Waals surface area contributed by atoms with E-state index >= 15 is 0 Å². The first-order valence-corrected chi connectivity index (χ1v) is 40.9. The van der Waals surface area contributed by atoms with Crippen LogP contribution in [0.15, 0.2) is 96.1 Å². The molecule has 0 saturated heterocycles. The number of hydrogen-bond acceptors (Lipinski definition) is 1. The number of allylic oxidation sites excluding steroid dienone is 2. The summed E-state index contributed by atoms with van der Waals surface area (Å²) in [6, 6.07) is 32.5. The molecule has 315 valence electrons. The first kappa shape index (κ1) is 46.8. The van der Waals surface area contributed by atoms with Gasteiger partial charge >= 0.3 is 374 Å². The molecule has 4 atom stereocenters. The zero-order chi connectivity index (χ0) is 42.9. The Bertz CT molecular complexity index is 2050. The van der Waals surface area contributed by atoms with Crippen molar-refractivity contribution in [2.24, 2.45) is 11.8 Å². The number of fused-ring (bicyclic) bond motifs is 2. The van der Waals surface area contributed by atoms with Crippen molar-refractivity contribution in [3.63, 3.8) is 0 Å². The van der Waals surface area contributed by atoms with Gasteiger partial charge in [-0.1, -0.05) is 0 Å². The third-order valence-electron chi connectivity index (χ3n) is 14.0. The second kappa shape index (κ2) is 18.6. The van der Waals surface area contributed by atoms with E-state index in [4.69, 9.17) is 0 Å². The summed E-state index contributed by atoms with van der Waals surface area (Å²) in [7, 11) is 14.9. The van der Waals surface area contributed by atoms with E-state index < -0.39 is 32.6 Å². The Morgan fingerprint density at radius 3 is 1.29 bits per heavy atom. The molecule has 0 saturated carbocycles. The number of nitrogens with zero attached hydrogens (tertiary/aromatic N) is 1. The van der Waals surface area contributed by atoms with Crippen molar-refractivity contribution in [2.75, 3.05) is 0 Å². The first-order chi connectivity index (χ1) is 27.9. The van der Waals surface area contributed by atoms with Gasteiger partial charge < -0.3 is 0 Å². The Morgan fingerprint density at radius 2 is 0.932 bits per heavy atom. The van der Waals surface area contributed by atoms with E-state index in [2.05, 4.69) is 182 Å². The second-order valence-electron chi connectivity index (χ2n) is 20.2. The SMILES string of the molecule is CCCCc1ccccc1-c1cccc2c1C=C(C(C)CC)[CH]2[Zr]([Cl])([Cl])([BH]N([Si](C)(C)C)[Si](C)(C)C)[CH]1C(C(C)CC)=Cc2c(-c3ccccc3CCCC)cccc21. The van der Waals surface area contributed by atoms with Gasteiger partial charge in [0.05, 0.1) is 0 Å². The average molecular weight is 941 g/mol. The van der Waals surface area contributed by atoms with Crippen LogP contribution in [0.2, 0.25) is 39.3 Å². The molecule has 2 aliphatic rings. The van der Waals surface area contributed by atoms with Crippen molar-refractivity contribution in [2.45, 2.75) is 139 Å². The number of rotatable bonds is 18. The monoisotopic (exact) mass is 938 g/mol. The normalized spacial score (nSPS) is 18.5. The molecule has 0 N–H and O–H groups in total. The topological polar surface area (TPSA) is 3.24 Å². The molecule has 0 fully saturated rings. The number of hydrogen-bond donors (Lipinski definition) is 0. The molecule has 0 spiro atoms. The van der Waals surface area contributed by atoms with E-state index in [0.717, 1.165) is 30.6 Å². The number of halogens is 2. The van der Waals surface area contributed by atoms with E-state index in [1.165, 1.54) is 92.5 Å². The molecule has 2 aliphatic carbocycles. The van der Waals surface area contributed by atoms with Crippen LogP contribution in [-0.4, -0.2) is 25.6 Å². The van der Waals surface area contributed by atoms with Crippen molar-refractivity contribution in [3.05, 3.63) is 129 Å². The molecule has 6 rings (SSSR count). The molecule has 0 radical (unpaired) electrons. The zero-order valence-corrected chi connectivity index (χ0v) is 44.6. The molecule has 7 heteroatoms. The summed E-state index contributed by atoms with van der Waals surface area (Å²) < 4.78 is 2.95. The summed E-state index contributed by atoms with van der Waals surface area (Å²) in [5, 5.41) is 0. The summed E-state index contributed by atoms with van der Waals surface area (Å²) in [5.41, 5.74) is 16.7. The molecule has 0 amide bonds. The van der Waals surface area contributed by atoms with Gasteiger partial charge in [0.15, 0.2) is 0 Å². The molecule has 0 bridgehead atoms. The van der Waals surface area contributed by atoms with E-state index in [9.17, 15) is 17.0 Å². The molecule has 4 unspecified atom stereocenters.